The molecule has 0 bridgehead atoms. The van der Waals surface area contributed by atoms with Crippen molar-refractivity contribution in [2.45, 2.75) is 61.9 Å². The van der Waals surface area contributed by atoms with Gasteiger partial charge in [0, 0.05) is 13.5 Å². The molecule has 182 valence electrons. The van der Waals surface area contributed by atoms with E-state index in [1.807, 2.05) is 0 Å². The zero-order chi connectivity index (χ0) is 23.7. The Morgan fingerprint density at radius 2 is 1.73 bits per heavy atom. The summed E-state index contributed by atoms with van der Waals surface area (Å²) in [7, 11) is 3.08. The molecule has 1 saturated carbocycles. The molecule has 1 aliphatic carbocycles. The fraction of sp³-hybridized carbons (Fsp3) is 0.609. The Morgan fingerprint density at radius 3 is 2.36 bits per heavy atom. The maximum atomic E-state index is 13.3. The van der Waals surface area contributed by atoms with Gasteiger partial charge in [-0.15, -0.1) is 0 Å². The quantitative estimate of drug-likeness (QED) is 0.438. The van der Waals surface area contributed by atoms with Crippen LogP contribution in [0.15, 0.2) is 30.5 Å². The second kappa shape index (κ2) is 10.1. The molecule has 2 heterocycles. The first kappa shape index (κ1) is 24.1. The Morgan fingerprint density at radius 1 is 1.00 bits per heavy atom. The molecule has 4 rings (SSSR count). The van der Waals surface area contributed by atoms with Crippen LogP contribution in [0.3, 0.4) is 0 Å². The smallest absolute Gasteiger partial charge is 0.187 e. The number of methoxy groups -OCH3 is 2. The second-order valence-corrected chi connectivity index (χ2v) is 8.52. The highest BCUT2D eigenvalue weighted by Crippen LogP contribution is 2.39. The highest BCUT2D eigenvalue weighted by Gasteiger charge is 2.49. The number of hydrogen-bond acceptors (Lipinski definition) is 10. The number of carbonyl (C=O) groups excluding carboxylic acids is 1. The van der Waals surface area contributed by atoms with Crippen molar-refractivity contribution in [3.8, 4) is 5.75 Å². The molecular formula is C23H30O10. The average molecular weight is 466 g/mol. The molecule has 0 aromatic heterocycles. The normalized spacial score (nSPS) is 38.8. The number of allylic oxidation sites excluding steroid dienone is 1. The first-order valence-electron chi connectivity index (χ1n) is 10.9. The number of ether oxygens (including phenoxy) is 5. The maximum Gasteiger partial charge on any atom is 0.187 e. The SMILES string of the molecule is COc1ccc(C2=COC3CC(O[C@@H]4O[C@H](CO)[C@@H](O)[C@H](O)[C@H]4O)C(OC)CC3C2=O)cc1. The molecule has 4 N–H and O–H groups in total. The summed E-state index contributed by atoms with van der Waals surface area (Å²) < 4.78 is 28.0. The molecule has 4 unspecified atom stereocenters. The summed E-state index contributed by atoms with van der Waals surface area (Å²) in [4.78, 5) is 13.3. The predicted molar refractivity (Wildman–Crippen MR) is 113 cm³/mol. The molecule has 1 aromatic rings. The summed E-state index contributed by atoms with van der Waals surface area (Å²) in [6.45, 7) is -0.551. The van der Waals surface area contributed by atoms with Gasteiger partial charge in [-0.2, -0.15) is 0 Å². The number of rotatable bonds is 6. The van der Waals surface area contributed by atoms with Gasteiger partial charge < -0.3 is 44.1 Å². The van der Waals surface area contributed by atoms with Gasteiger partial charge in [-0.05, 0) is 24.1 Å². The summed E-state index contributed by atoms with van der Waals surface area (Å²) in [5.74, 6) is 0.197. The molecule has 1 saturated heterocycles. The number of aliphatic hydroxyl groups is 4. The van der Waals surface area contributed by atoms with Gasteiger partial charge in [0.05, 0.1) is 43.7 Å². The molecule has 0 spiro atoms. The number of carbonyl (C=O) groups is 1. The number of ketones is 1. The number of Topliss-reactive ketones (excluding diaryl/α,β-unsaturated/α-hetero) is 1. The van der Waals surface area contributed by atoms with E-state index in [1.165, 1.54) is 13.4 Å². The van der Waals surface area contributed by atoms with E-state index in [-0.39, 0.29) is 12.2 Å². The van der Waals surface area contributed by atoms with E-state index < -0.39 is 61.5 Å². The molecule has 2 fully saturated rings. The zero-order valence-electron chi connectivity index (χ0n) is 18.4. The van der Waals surface area contributed by atoms with Crippen molar-refractivity contribution >= 4 is 11.4 Å². The van der Waals surface area contributed by atoms with E-state index in [4.69, 9.17) is 23.7 Å². The Hall–Kier alpha value is -2.05. The minimum absolute atomic E-state index is 0.0512. The van der Waals surface area contributed by atoms with Crippen molar-refractivity contribution in [3.63, 3.8) is 0 Å². The molecule has 10 nitrogen and oxygen atoms in total. The Bertz CT molecular complexity index is 853. The minimum atomic E-state index is -1.54. The van der Waals surface area contributed by atoms with E-state index in [2.05, 4.69) is 0 Å². The van der Waals surface area contributed by atoms with Crippen LogP contribution in [0.25, 0.3) is 5.57 Å². The Kier molecular flexibility index (Phi) is 7.34. The van der Waals surface area contributed by atoms with Crippen LogP contribution >= 0.6 is 0 Å². The lowest BCUT2D eigenvalue weighted by atomic mass is 9.76. The van der Waals surface area contributed by atoms with Crippen molar-refractivity contribution in [2.24, 2.45) is 5.92 Å². The summed E-state index contributed by atoms with van der Waals surface area (Å²) in [5.41, 5.74) is 1.20. The van der Waals surface area contributed by atoms with Crippen LogP contribution in [-0.4, -0.2) is 96.1 Å². The lowest BCUT2D eigenvalue weighted by molar-refractivity contribution is -0.322. The van der Waals surface area contributed by atoms with E-state index in [1.54, 1.807) is 31.4 Å². The van der Waals surface area contributed by atoms with Gasteiger partial charge in [-0.1, -0.05) is 12.1 Å². The summed E-state index contributed by atoms with van der Waals surface area (Å²) in [6, 6.07) is 7.15. The van der Waals surface area contributed by atoms with Gasteiger partial charge >= 0.3 is 0 Å². The molecular weight excluding hydrogens is 436 g/mol. The van der Waals surface area contributed by atoms with Crippen LogP contribution in [0.4, 0.5) is 0 Å². The van der Waals surface area contributed by atoms with Gasteiger partial charge in [-0.3, -0.25) is 4.79 Å². The average Bonchev–Trinajstić information content (AvgIpc) is 2.84. The Labute approximate surface area is 191 Å². The van der Waals surface area contributed by atoms with Crippen LogP contribution in [0.1, 0.15) is 18.4 Å². The van der Waals surface area contributed by atoms with E-state index in [0.29, 0.717) is 17.7 Å². The van der Waals surface area contributed by atoms with Crippen LogP contribution < -0.4 is 4.74 Å². The topological polar surface area (TPSA) is 144 Å². The number of aliphatic hydroxyl groups excluding tert-OH is 4. The molecule has 33 heavy (non-hydrogen) atoms. The van der Waals surface area contributed by atoms with E-state index in [9.17, 15) is 25.2 Å². The fourth-order valence-corrected chi connectivity index (χ4v) is 4.66. The highest BCUT2D eigenvalue weighted by atomic mass is 16.7. The minimum Gasteiger partial charge on any atom is -0.497 e. The number of benzene rings is 1. The van der Waals surface area contributed by atoms with Gasteiger partial charge in [0.2, 0.25) is 0 Å². The van der Waals surface area contributed by atoms with E-state index in [0.717, 1.165) is 5.56 Å². The summed E-state index contributed by atoms with van der Waals surface area (Å²) in [5, 5.41) is 39.7. The third kappa shape index (κ3) is 4.65. The summed E-state index contributed by atoms with van der Waals surface area (Å²) >= 11 is 0. The first-order chi connectivity index (χ1) is 15.9. The predicted octanol–water partition coefficient (Wildman–Crippen LogP) is -0.386. The lowest BCUT2D eigenvalue weighted by Crippen LogP contribution is -2.61. The van der Waals surface area contributed by atoms with Gasteiger partial charge in [0.15, 0.2) is 12.1 Å². The van der Waals surface area contributed by atoms with Gasteiger partial charge in [0.1, 0.15) is 36.3 Å². The van der Waals surface area contributed by atoms with Crippen LogP contribution in [0.5, 0.6) is 5.75 Å². The standard InChI is InChI=1S/C23H30O10/c1-29-12-5-3-11(4-6-12)14-10-31-15-8-17(16(30-2)7-13(15)19(14)25)32-23-22(28)21(27)20(26)18(9-24)33-23/h3-6,10,13,15-18,20-24,26-28H,7-9H2,1-2H3/t13?,15?,16?,17?,18-,20-,21+,22-,23-/m1/s1. The van der Waals surface area contributed by atoms with Gasteiger partial charge in [0.25, 0.3) is 0 Å². The lowest BCUT2D eigenvalue weighted by Gasteiger charge is -2.45. The first-order valence-corrected chi connectivity index (χ1v) is 10.9. The monoisotopic (exact) mass is 466 g/mol. The van der Waals surface area contributed by atoms with E-state index >= 15 is 0 Å². The molecule has 1 aromatic carbocycles. The van der Waals surface area contributed by atoms with Crippen molar-refractivity contribution < 1.29 is 48.9 Å². The third-order valence-electron chi connectivity index (χ3n) is 6.64. The third-order valence-corrected chi connectivity index (χ3v) is 6.64. The van der Waals surface area contributed by atoms with Crippen LogP contribution in [0, 0.1) is 5.92 Å². The molecule has 10 heteroatoms. The second-order valence-electron chi connectivity index (χ2n) is 8.52. The fourth-order valence-electron chi connectivity index (χ4n) is 4.66. The molecule has 0 amide bonds. The van der Waals surface area contributed by atoms with Crippen molar-refractivity contribution in [1.29, 1.82) is 0 Å². The van der Waals surface area contributed by atoms with Crippen LogP contribution in [-0.2, 0) is 23.7 Å². The highest BCUT2D eigenvalue weighted by molar-refractivity contribution is 6.22. The van der Waals surface area contributed by atoms with Crippen molar-refractivity contribution in [1.82, 2.24) is 0 Å². The Balaban J connectivity index is 1.48. The zero-order valence-corrected chi connectivity index (χ0v) is 18.4. The van der Waals surface area contributed by atoms with Gasteiger partial charge in [-0.25, -0.2) is 0 Å². The maximum absolute atomic E-state index is 13.3. The number of hydrogen-bond donors (Lipinski definition) is 4. The van der Waals surface area contributed by atoms with Crippen LogP contribution in [0.2, 0.25) is 0 Å². The van der Waals surface area contributed by atoms with Crippen molar-refractivity contribution in [3.05, 3.63) is 36.1 Å². The molecule has 2 aliphatic heterocycles. The molecule has 9 atom stereocenters. The number of fused-ring (bicyclic) bond motifs is 1. The molecule has 3 aliphatic rings. The molecule has 0 radical (unpaired) electrons. The summed E-state index contributed by atoms with van der Waals surface area (Å²) in [6.07, 6.45) is -6.38. The largest absolute Gasteiger partial charge is 0.497 e. The van der Waals surface area contributed by atoms with Crippen molar-refractivity contribution in [2.75, 3.05) is 20.8 Å².